The normalized spacial score (nSPS) is 11.5. The molecule has 1 N–H and O–H groups in total. The van der Waals surface area contributed by atoms with Gasteiger partial charge in [0.25, 0.3) is 5.69 Å². The number of hydrogen-bond acceptors (Lipinski definition) is 6. The molecule has 0 fully saturated rings. The number of aromatic nitrogens is 1. The van der Waals surface area contributed by atoms with Gasteiger partial charge in [-0.3, -0.25) is 15.5 Å². The number of nitrogens with zero attached hydrogens (tertiary/aromatic N) is 3. The second-order valence-electron chi connectivity index (χ2n) is 5.61. The largest absolute Gasteiger partial charge is 0.270 e. The summed E-state index contributed by atoms with van der Waals surface area (Å²) in [6.07, 6.45) is 5.86. The summed E-state index contributed by atoms with van der Waals surface area (Å²) in [6, 6.07) is 6.48. The highest BCUT2D eigenvalue weighted by atomic mass is 32.1. The van der Waals surface area contributed by atoms with E-state index in [1.807, 2.05) is 18.4 Å². The van der Waals surface area contributed by atoms with E-state index < -0.39 is 4.92 Å². The Morgan fingerprint density at radius 3 is 2.96 bits per heavy atom. The predicted octanol–water partition coefficient (Wildman–Crippen LogP) is 5.48. The van der Waals surface area contributed by atoms with Crippen LogP contribution in [0.1, 0.15) is 46.0 Å². The van der Waals surface area contributed by atoms with Gasteiger partial charge in [0.2, 0.25) is 5.13 Å². The molecule has 0 saturated heterocycles. The SMILES string of the molecule is CCCCCC/C(C)=N\Nc1nc(-c2cccc([N+](=O)[O-])c2)cs1. The zero-order valence-corrected chi connectivity index (χ0v) is 14.8. The lowest BCUT2D eigenvalue weighted by Crippen LogP contribution is -1.97. The molecule has 2 aromatic rings. The molecule has 128 valence electrons. The van der Waals surface area contributed by atoms with Crippen LogP contribution in [0.5, 0.6) is 0 Å². The molecule has 6 nitrogen and oxygen atoms in total. The van der Waals surface area contributed by atoms with Gasteiger partial charge in [-0.15, -0.1) is 11.3 Å². The van der Waals surface area contributed by atoms with Gasteiger partial charge in [0, 0.05) is 28.8 Å². The average molecular weight is 346 g/mol. The molecule has 1 aromatic carbocycles. The Balaban J connectivity index is 1.95. The van der Waals surface area contributed by atoms with Crippen LogP contribution >= 0.6 is 11.3 Å². The van der Waals surface area contributed by atoms with Crippen molar-refractivity contribution in [2.75, 3.05) is 5.43 Å². The molecule has 0 unspecified atom stereocenters. The van der Waals surface area contributed by atoms with E-state index in [-0.39, 0.29) is 5.69 Å². The summed E-state index contributed by atoms with van der Waals surface area (Å²) in [5.74, 6) is 0. The number of benzene rings is 1. The van der Waals surface area contributed by atoms with E-state index in [9.17, 15) is 10.1 Å². The topological polar surface area (TPSA) is 80.4 Å². The second-order valence-corrected chi connectivity index (χ2v) is 6.47. The number of nitrogens with one attached hydrogen (secondary N) is 1. The van der Waals surface area contributed by atoms with Crippen LogP contribution in [0, 0.1) is 10.1 Å². The minimum absolute atomic E-state index is 0.0657. The van der Waals surface area contributed by atoms with Crippen molar-refractivity contribution in [3.63, 3.8) is 0 Å². The molecule has 0 spiro atoms. The van der Waals surface area contributed by atoms with Crippen LogP contribution in [0.2, 0.25) is 0 Å². The minimum atomic E-state index is -0.402. The van der Waals surface area contributed by atoms with Crippen LogP contribution < -0.4 is 5.43 Å². The first-order valence-electron chi connectivity index (χ1n) is 8.09. The highest BCUT2D eigenvalue weighted by Crippen LogP contribution is 2.27. The van der Waals surface area contributed by atoms with Crippen molar-refractivity contribution in [1.29, 1.82) is 0 Å². The number of non-ortho nitro benzene ring substituents is 1. The molecule has 0 aliphatic rings. The first-order chi connectivity index (χ1) is 11.6. The average Bonchev–Trinajstić information content (AvgIpc) is 3.06. The summed E-state index contributed by atoms with van der Waals surface area (Å²) in [4.78, 5) is 14.9. The molecule has 0 radical (unpaired) electrons. The van der Waals surface area contributed by atoms with Crippen LogP contribution in [0.15, 0.2) is 34.7 Å². The van der Waals surface area contributed by atoms with Crippen molar-refractivity contribution in [2.45, 2.75) is 46.0 Å². The Bertz CT molecular complexity index is 712. The molecular weight excluding hydrogens is 324 g/mol. The van der Waals surface area contributed by atoms with E-state index in [4.69, 9.17) is 0 Å². The lowest BCUT2D eigenvalue weighted by atomic mass is 10.1. The van der Waals surface area contributed by atoms with Crippen LogP contribution in [0.3, 0.4) is 0 Å². The molecule has 0 amide bonds. The molecule has 0 bridgehead atoms. The number of unbranched alkanes of at least 4 members (excludes halogenated alkanes) is 3. The van der Waals surface area contributed by atoms with Crippen molar-refractivity contribution < 1.29 is 4.92 Å². The number of anilines is 1. The Labute approximate surface area is 145 Å². The molecule has 0 aliphatic heterocycles. The molecule has 0 atom stereocenters. The van der Waals surface area contributed by atoms with Crippen LogP contribution in [0.25, 0.3) is 11.3 Å². The first-order valence-corrected chi connectivity index (χ1v) is 8.97. The Morgan fingerprint density at radius 1 is 1.38 bits per heavy atom. The van der Waals surface area contributed by atoms with Crippen LogP contribution in [-0.4, -0.2) is 15.6 Å². The standard InChI is InChI=1S/C17H22N4O2S/c1-3-4-5-6-8-13(2)19-20-17-18-16(12-24-17)14-9-7-10-15(11-14)21(22)23/h7,9-12H,3-6,8H2,1-2H3,(H,18,20)/b19-13-. The Hall–Kier alpha value is -2.28. The van der Waals surface area contributed by atoms with Crippen molar-refractivity contribution in [1.82, 2.24) is 4.98 Å². The highest BCUT2D eigenvalue weighted by molar-refractivity contribution is 7.14. The van der Waals surface area contributed by atoms with Crippen molar-refractivity contribution in [3.05, 3.63) is 39.8 Å². The number of rotatable bonds is 9. The van der Waals surface area contributed by atoms with Gasteiger partial charge < -0.3 is 0 Å². The van der Waals surface area contributed by atoms with Gasteiger partial charge in [0.05, 0.1) is 10.6 Å². The van der Waals surface area contributed by atoms with Crippen molar-refractivity contribution >= 4 is 27.9 Å². The predicted molar refractivity (Wildman–Crippen MR) is 99.7 cm³/mol. The fourth-order valence-corrected chi connectivity index (χ4v) is 2.90. The maximum Gasteiger partial charge on any atom is 0.270 e. The van der Waals surface area contributed by atoms with Crippen LogP contribution in [0.4, 0.5) is 10.8 Å². The van der Waals surface area contributed by atoms with E-state index in [0.29, 0.717) is 10.8 Å². The van der Waals surface area contributed by atoms with E-state index in [1.165, 1.54) is 42.7 Å². The highest BCUT2D eigenvalue weighted by Gasteiger charge is 2.09. The number of nitro benzene ring substituents is 1. The van der Waals surface area contributed by atoms with Crippen molar-refractivity contribution in [2.24, 2.45) is 5.10 Å². The number of hydrazone groups is 1. The molecule has 7 heteroatoms. The van der Waals surface area contributed by atoms with E-state index in [1.54, 1.807) is 6.07 Å². The van der Waals surface area contributed by atoms with Crippen LogP contribution in [-0.2, 0) is 0 Å². The molecule has 24 heavy (non-hydrogen) atoms. The molecule has 1 heterocycles. The molecular formula is C17H22N4O2S. The first kappa shape index (κ1) is 18.1. The molecule has 0 saturated carbocycles. The number of nitro groups is 1. The quantitative estimate of drug-likeness (QED) is 0.282. The summed E-state index contributed by atoms with van der Waals surface area (Å²) < 4.78 is 0. The van der Waals surface area contributed by atoms with Gasteiger partial charge in [-0.25, -0.2) is 4.98 Å². The van der Waals surface area contributed by atoms with Gasteiger partial charge in [0.1, 0.15) is 0 Å². The third-order valence-electron chi connectivity index (χ3n) is 3.59. The maximum absolute atomic E-state index is 10.9. The third kappa shape index (κ3) is 5.42. The lowest BCUT2D eigenvalue weighted by molar-refractivity contribution is -0.384. The summed E-state index contributed by atoms with van der Waals surface area (Å²) in [6.45, 7) is 4.21. The summed E-state index contributed by atoms with van der Waals surface area (Å²) in [5.41, 5.74) is 5.53. The fourth-order valence-electron chi connectivity index (χ4n) is 2.24. The van der Waals surface area contributed by atoms with E-state index in [2.05, 4.69) is 22.4 Å². The zero-order chi connectivity index (χ0) is 17.4. The second kappa shape index (κ2) is 9.12. The third-order valence-corrected chi connectivity index (χ3v) is 4.34. The fraction of sp³-hybridized carbons (Fsp3) is 0.412. The summed E-state index contributed by atoms with van der Waals surface area (Å²) in [7, 11) is 0. The maximum atomic E-state index is 10.9. The zero-order valence-electron chi connectivity index (χ0n) is 14.0. The van der Waals surface area contributed by atoms with E-state index in [0.717, 1.165) is 24.1 Å². The van der Waals surface area contributed by atoms with Gasteiger partial charge in [-0.1, -0.05) is 38.3 Å². The monoisotopic (exact) mass is 346 g/mol. The molecule has 0 aliphatic carbocycles. The number of thiazole rings is 1. The summed E-state index contributed by atoms with van der Waals surface area (Å²) >= 11 is 1.43. The Kier molecular flexibility index (Phi) is 6.87. The van der Waals surface area contributed by atoms with Crippen molar-refractivity contribution in [3.8, 4) is 11.3 Å². The van der Waals surface area contributed by atoms with Gasteiger partial charge >= 0.3 is 0 Å². The smallest absolute Gasteiger partial charge is 0.258 e. The number of hydrogen-bond donors (Lipinski definition) is 1. The molecule has 2 rings (SSSR count). The summed E-state index contributed by atoms with van der Waals surface area (Å²) in [5, 5.41) is 17.8. The Morgan fingerprint density at radius 2 is 2.21 bits per heavy atom. The molecule has 1 aromatic heterocycles. The van der Waals surface area contributed by atoms with Gasteiger partial charge in [0.15, 0.2) is 0 Å². The van der Waals surface area contributed by atoms with Gasteiger partial charge in [-0.2, -0.15) is 5.10 Å². The van der Waals surface area contributed by atoms with E-state index >= 15 is 0 Å². The lowest BCUT2D eigenvalue weighted by Gasteiger charge is -2.01. The van der Waals surface area contributed by atoms with Gasteiger partial charge in [-0.05, 0) is 19.8 Å². The minimum Gasteiger partial charge on any atom is -0.258 e.